The Morgan fingerprint density at radius 3 is 2.81 bits per heavy atom. The molecule has 2 bridgehead atoms. The van der Waals surface area contributed by atoms with Crippen LogP contribution in [0.5, 0.6) is 0 Å². The van der Waals surface area contributed by atoms with Crippen LogP contribution in [0, 0.1) is 11.8 Å². The van der Waals surface area contributed by atoms with Crippen molar-refractivity contribution < 1.29 is 19.4 Å². The molecule has 0 aromatic heterocycles. The number of nitrogens with zero attached hydrogens (tertiary/aromatic N) is 1. The second-order valence-corrected chi connectivity index (χ2v) is 4.26. The van der Waals surface area contributed by atoms with E-state index in [1.807, 2.05) is 6.08 Å². The third kappa shape index (κ3) is 1.86. The number of methoxy groups -OCH3 is 2. The minimum absolute atomic E-state index is 0.118. The van der Waals surface area contributed by atoms with Crippen LogP contribution in [-0.4, -0.2) is 49.2 Å². The summed E-state index contributed by atoms with van der Waals surface area (Å²) in [4.78, 5) is 13.4. The van der Waals surface area contributed by atoms with Crippen LogP contribution in [0.25, 0.3) is 0 Å². The van der Waals surface area contributed by atoms with Crippen molar-refractivity contribution in [1.29, 1.82) is 0 Å². The number of esters is 1. The molecule has 3 rings (SSSR count). The molecule has 0 amide bonds. The minimum Gasteiger partial charge on any atom is -0.469 e. The van der Waals surface area contributed by atoms with Gasteiger partial charge >= 0.3 is 5.97 Å². The topological polar surface area (TPSA) is 59.0 Å². The van der Waals surface area contributed by atoms with Gasteiger partial charge < -0.3 is 14.6 Å². The van der Waals surface area contributed by atoms with Crippen LogP contribution in [0.2, 0.25) is 0 Å². The summed E-state index contributed by atoms with van der Waals surface area (Å²) in [6.07, 6.45) is 3.90. The first kappa shape index (κ1) is 11.6. The van der Waals surface area contributed by atoms with Gasteiger partial charge in [0.25, 0.3) is 0 Å². The summed E-state index contributed by atoms with van der Waals surface area (Å²) in [6, 6.07) is -0.118. The van der Waals surface area contributed by atoms with Crippen molar-refractivity contribution >= 4 is 5.97 Å². The maximum absolute atomic E-state index is 11.6. The zero-order valence-electron chi connectivity index (χ0n) is 9.50. The van der Waals surface area contributed by atoms with Crippen molar-refractivity contribution in [2.75, 3.05) is 20.8 Å². The predicted octanol–water partition coefficient (Wildman–Crippen LogP) is -0.0418. The summed E-state index contributed by atoms with van der Waals surface area (Å²) in [5.74, 6) is -0.121. The van der Waals surface area contributed by atoms with E-state index in [4.69, 9.17) is 9.47 Å². The van der Waals surface area contributed by atoms with Gasteiger partial charge in [0.2, 0.25) is 6.41 Å². The van der Waals surface area contributed by atoms with E-state index < -0.39 is 6.41 Å². The lowest BCUT2D eigenvalue weighted by Crippen LogP contribution is -2.56. The van der Waals surface area contributed by atoms with Crippen LogP contribution in [0.4, 0.5) is 0 Å². The highest BCUT2D eigenvalue weighted by atomic mass is 16.6. The lowest BCUT2D eigenvalue weighted by molar-refractivity contribution is -0.206. The number of carbonyl (C=O) groups excluding carboxylic acids is 1. The monoisotopic (exact) mass is 227 g/mol. The lowest BCUT2D eigenvalue weighted by atomic mass is 9.78. The zero-order chi connectivity index (χ0) is 11.7. The van der Waals surface area contributed by atoms with Crippen LogP contribution in [-0.2, 0) is 14.3 Å². The number of ether oxygens (including phenoxy) is 2. The van der Waals surface area contributed by atoms with E-state index in [0.717, 1.165) is 13.0 Å². The van der Waals surface area contributed by atoms with Gasteiger partial charge in [-0.05, 0) is 12.3 Å². The smallest absolute Gasteiger partial charge is 0.310 e. The molecule has 1 aliphatic carbocycles. The molecule has 2 aliphatic heterocycles. The first-order chi connectivity index (χ1) is 7.67. The molecular formula is C11H17NO4. The van der Waals surface area contributed by atoms with Crippen molar-refractivity contribution in [2.24, 2.45) is 11.8 Å². The predicted molar refractivity (Wildman–Crippen MR) is 56.3 cm³/mol. The second kappa shape index (κ2) is 4.53. The van der Waals surface area contributed by atoms with Crippen LogP contribution < -0.4 is 0 Å². The molecule has 1 fully saturated rings. The van der Waals surface area contributed by atoms with E-state index >= 15 is 0 Å². The number of aliphatic hydroxyl groups excluding tert-OH is 1. The molecule has 3 aliphatic rings. The van der Waals surface area contributed by atoms with E-state index in [2.05, 4.69) is 6.08 Å². The van der Waals surface area contributed by atoms with Gasteiger partial charge in [-0.25, -0.2) is 4.90 Å². The van der Waals surface area contributed by atoms with Gasteiger partial charge in [-0.1, -0.05) is 12.2 Å². The van der Waals surface area contributed by atoms with Crippen LogP contribution in [0.1, 0.15) is 6.42 Å². The van der Waals surface area contributed by atoms with Crippen molar-refractivity contribution in [3.8, 4) is 0 Å². The minimum atomic E-state index is -0.954. The molecule has 2 heterocycles. The third-order valence-corrected chi connectivity index (χ3v) is 3.38. The number of hydrogen-bond donors (Lipinski definition) is 1. The Morgan fingerprint density at radius 1 is 1.50 bits per heavy atom. The average Bonchev–Trinajstić information content (AvgIpc) is 2.37. The molecule has 0 aromatic carbocycles. The standard InChI is InChI=1S/C11H17NO4/c1-15-10(13)8-5-7-3-4-9(8)12(6-7)11(14)16-2/h3-4,7-9,11,14H,5-6H2,1-2H3. The highest BCUT2D eigenvalue weighted by molar-refractivity contribution is 5.74. The van der Waals surface area contributed by atoms with Gasteiger partial charge in [-0.15, -0.1) is 0 Å². The Bertz CT molecular complexity index is 304. The Balaban J connectivity index is 2.16. The van der Waals surface area contributed by atoms with E-state index in [1.54, 1.807) is 4.90 Å². The molecular weight excluding hydrogens is 210 g/mol. The van der Waals surface area contributed by atoms with Crippen molar-refractivity contribution in [3.63, 3.8) is 0 Å². The van der Waals surface area contributed by atoms with E-state index in [-0.39, 0.29) is 17.9 Å². The van der Waals surface area contributed by atoms with Gasteiger partial charge in [0.15, 0.2) is 0 Å². The molecule has 5 heteroatoms. The molecule has 5 nitrogen and oxygen atoms in total. The fourth-order valence-corrected chi connectivity index (χ4v) is 2.58. The highest BCUT2D eigenvalue weighted by Gasteiger charge is 2.44. The molecule has 1 saturated heterocycles. The highest BCUT2D eigenvalue weighted by Crippen LogP contribution is 2.35. The average molecular weight is 227 g/mol. The molecule has 4 unspecified atom stereocenters. The maximum atomic E-state index is 11.6. The summed E-state index contributed by atoms with van der Waals surface area (Å²) < 4.78 is 9.68. The fourth-order valence-electron chi connectivity index (χ4n) is 2.58. The number of fused-ring (bicyclic) bond motifs is 2. The van der Waals surface area contributed by atoms with E-state index in [1.165, 1.54) is 14.2 Å². The number of carbonyl (C=O) groups is 1. The quantitative estimate of drug-likeness (QED) is 0.416. The summed E-state index contributed by atoms with van der Waals surface area (Å²) in [7, 11) is 2.84. The number of aliphatic hydroxyl groups is 1. The maximum Gasteiger partial charge on any atom is 0.310 e. The van der Waals surface area contributed by atoms with Gasteiger partial charge in [0, 0.05) is 19.7 Å². The first-order valence-corrected chi connectivity index (χ1v) is 5.40. The summed E-state index contributed by atoms with van der Waals surface area (Å²) in [6.45, 7) is 0.726. The van der Waals surface area contributed by atoms with Crippen LogP contribution in [0.3, 0.4) is 0 Å². The van der Waals surface area contributed by atoms with Crippen molar-refractivity contribution in [1.82, 2.24) is 4.90 Å². The van der Waals surface area contributed by atoms with Gasteiger partial charge in [0.05, 0.1) is 13.0 Å². The third-order valence-electron chi connectivity index (χ3n) is 3.38. The number of rotatable bonds is 3. The Labute approximate surface area is 94.6 Å². The molecule has 1 N–H and O–H groups in total. The number of piperidine rings is 1. The number of hydrogen-bond acceptors (Lipinski definition) is 5. The molecule has 4 atom stereocenters. The zero-order valence-corrected chi connectivity index (χ0v) is 9.50. The summed E-state index contributed by atoms with van der Waals surface area (Å²) in [5.41, 5.74) is 0. The molecule has 0 spiro atoms. The normalized spacial score (nSPS) is 35.1. The fraction of sp³-hybridized carbons (Fsp3) is 0.727. The van der Waals surface area contributed by atoms with E-state index in [9.17, 15) is 9.90 Å². The van der Waals surface area contributed by atoms with Crippen LogP contribution >= 0.6 is 0 Å². The molecule has 90 valence electrons. The van der Waals surface area contributed by atoms with Crippen LogP contribution in [0.15, 0.2) is 12.2 Å². The Morgan fingerprint density at radius 2 is 2.25 bits per heavy atom. The first-order valence-electron chi connectivity index (χ1n) is 5.40. The van der Waals surface area contributed by atoms with Gasteiger partial charge in [0.1, 0.15) is 0 Å². The Hall–Kier alpha value is -0.910. The van der Waals surface area contributed by atoms with Gasteiger partial charge in [-0.2, -0.15) is 0 Å². The molecule has 16 heavy (non-hydrogen) atoms. The van der Waals surface area contributed by atoms with Crippen molar-refractivity contribution in [3.05, 3.63) is 12.2 Å². The second-order valence-electron chi connectivity index (χ2n) is 4.26. The molecule has 0 saturated carbocycles. The Kier molecular flexibility index (Phi) is 3.28. The largest absolute Gasteiger partial charge is 0.469 e. The summed E-state index contributed by atoms with van der Waals surface area (Å²) >= 11 is 0. The summed E-state index contributed by atoms with van der Waals surface area (Å²) in [5, 5.41) is 9.69. The molecule has 0 aromatic rings. The lowest BCUT2D eigenvalue weighted by Gasteiger charge is -2.46. The van der Waals surface area contributed by atoms with Crippen molar-refractivity contribution in [2.45, 2.75) is 18.9 Å². The van der Waals surface area contributed by atoms with E-state index in [0.29, 0.717) is 5.92 Å². The SMILES string of the molecule is COC(=O)C1CC2C=CC1N(C(O)OC)C2. The van der Waals surface area contributed by atoms with Gasteiger partial charge in [-0.3, -0.25) is 4.79 Å². The molecule has 0 radical (unpaired) electrons.